The van der Waals surface area contributed by atoms with E-state index >= 15 is 0 Å². The maximum atomic E-state index is 12.0. The molecule has 2 aromatic rings. The predicted molar refractivity (Wildman–Crippen MR) is 98.9 cm³/mol. The number of hydrogen-bond donors (Lipinski definition) is 2. The Morgan fingerprint density at radius 1 is 0.654 bits per heavy atom. The number of amides is 2. The summed E-state index contributed by atoms with van der Waals surface area (Å²) < 4.78 is 0. The van der Waals surface area contributed by atoms with Crippen molar-refractivity contribution in [1.82, 2.24) is 10.9 Å². The molecule has 6 nitrogen and oxygen atoms in total. The number of carbonyl (C=O) groups is 2. The maximum absolute atomic E-state index is 12.0. The molecule has 0 heterocycles. The van der Waals surface area contributed by atoms with Gasteiger partial charge in [-0.3, -0.25) is 9.59 Å². The SMILES string of the molecule is O=C(N/N=C1/CCc2ccccc21)C(=O)N/N=C1/CCc2ccccc21. The molecule has 0 saturated heterocycles. The average Bonchev–Trinajstić information content (AvgIpc) is 3.28. The third-order valence-electron chi connectivity index (χ3n) is 4.71. The van der Waals surface area contributed by atoms with Crippen molar-refractivity contribution in [2.24, 2.45) is 10.2 Å². The summed E-state index contributed by atoms with van der Waals surface area (Å²) in [4.78, 5) is 23.9. The zero-order valence-electron chi connectivity index (χ0n) is 14.2. The van der Waals surface area contributed by atoms with Crippen molar-refractivity contribution in [3.8, 4) is 0 Å². The third-order valence-corrected chi connectivity index (χ3v) is 4.71. The van der Waals surface area contributed by atoms with Crippen LogP contribution in [0.3, 0.4) is 0 Å². The molecule has 0 unspecified atom stereocenters. The second kappa shape index (κ2) is 6.92. The van der Waals surface area contributed by atoms with Crippen LogP contribution in [-0.2, 0) is 22.4 Å². The number of aryl methyl sites for hydroxylation is 2. The van der Waals surface area contributed by atoms with Gasteiger partial charge in [0, 0.05) is 11.1 Å². The van der Waals surface area contributed by atoms with E-state index in [1.165, 1.54) is 11.1 Å². The van der Waals surface area contributed by atoms with Gasteiger partial charge >= 0.3 is 11.8 Å². The second-order valence-electron chi connectivity index (χ2n) is 6.31. The zero-order chi connectivity index (χ0) is 17.9. The van der Waals surface area contributed by atoms with Crippen molar-refractivity contribution in [3.05, 3.63) is 70.8 Å². The molecule has 130 valence electrons. The van der Waals surface area contributed by atoms with Crippen LogP contribution in [0.25, 0.3) is 0 Å². The molecule has 2 aromatic carbocycles. The van der Waals surface area contributed by atoms with Gasteiger partial charge in [-0.2, -0.15) is 10.2 Å². The molecule has 2 aliphatic carbocycles. The van der Waals surface area contributed by atoms with Crippen LogP contribution in [0.5, 0.6) is 0 Å². The number of nitrogens with one attached hydrogen (secondary N) is 2. The highest BCUT2D eigenvalue weighted by Crippen LogP contribution is 2.22. The van der Waals surface area contributed by atoms with E-state index in [9.17, 15) is 9.59 Å². The summed E-state index contributed by atoms with van der Waals surface area (Å²) in [5, 5.41) is 8.22. The first-order chi connectivity index (χ1) is 12.7. The largest absolute Gasteiger partial charge is 0.331 e. The van der Waals surface area contributed by atoms with Crippen molar-refractivity contribution in [3.63, 3.8) is 0 Å². The zero-order valence-corrected chi connectivity index (χ0v) is 14.2. The van der Waals surface area contributed by atoms with Gasteiger partial charge in [0.05, 0.1) is 11.4 Å². The highest BCUT2D eigenvalue weighted by atomic mass is 16.2. The summed E-state index contributed by atoms with van der Waals surface area (Å²) in [6.07, 6.45) is 3.29. The van der Waals surface area contributed by atoms with E-state index in [2.05, 4.69) is 21.1 Å². The Bertz CT molecular complexity index is 869. The Morgan fingerprint density at radius 2 is 1.08 bits per heavy atom. The Kier molecular flexibility index (Phi) is 4.31. The quantitative estimate of drug-likeness (QED) is 0.643. The Hall–Kier alpha value is -3.28. The summed E-state index contributed by atoms with van der Waals surface area (Å²) in [5.41, 5.74) is 10.7. The fourth-order valence-electron chi connectivity index (χ4n) is 3.39. The monoisotopic (exact) mass is 346 g/mol. The number of hydrazone groups is 2. The van der Waals surface area contributed by atoms with Gasteiger partial charge in [-0.05, 0) is 36.8 Å². The number of benzene rings is 2. The lowest BCUT2D eigenvalue weighted by atomic mass is 10.1. The lowest BCUT2D eigenvalue weighted by Crippen LogP contribution is -2.36. The van der Waals surface area contributed by atoms with Gasteiger partial charge < -0.3 is 0 Å². The fourth-order valence-corrected chi connectivity index (χ4v) is 3.39. The second-order valence-corrected chi connectivity index (χ2v) is 6.31. The fraction of sp³-hybridized carbons (Fsp3) is 0.200. The molecule has 0 atom stereocenters. The predicted octanol–water partition coefficient (Wildman–Crippen LogP) is 1.92. The van der Waals surface area contributed by atoms with E-state index in [0.29, 0.717) is 0 Å². The Labute approximate surface area is 151 Å². The van der Waals surface area contributed by atoms with E-state index in [-0.39, 0.29) is 0 Å². The third kappa shape index (κ3) is 3.13. The van der Waals surface area contributed by atoms with Crippen LogP contribution in [0.15, 0.2) is 58.7 Å². The minimum Gasteiger partial charge on any atom is -0.262 e. The number of fused-ring (bicyclic) bond motifs is 2. The van der Waals surface area contributed by atoms with Crippen LogP contribution in [0.2, 0.25) is 0 Å². The molecule has 0 aromatic heterocycles. The lowest BCUT2D eigenvalue weighted by molar-refractivity contribution is -0.139. The minimum atomic E-state index is -0.822. The normalized spacial score (nSPS) is 17.8. The standard InChI is InChI=1S/C20H18N4O2/c25-19(23-21-17-11-9-13-5-1-3-7-15(13)17)20(26)24-22-18-12-10-14-6-2-4-8-16(14)18/h1-8H,9-12H2,(H,23,25)(H,24,26)/b21-17-,22-18-. The van der Waals surface area contributed by atoms with Gasteiger partial charge in [-0.15, -0.1) is 0 Å². The summed E-state index contributed by atoms with van der Waals surface area (Å²) in [7, 11) is 0. The summed E-state index contributed by atoms with van der Waals surface area (Å²) in [6, 6.07) is 15.9. The van der Waals surface area contributed by atoms with Crippen molar-refractivity contribution in [2.45, 2.75) is 25.7 Å². The van der Waals surface area contributed by atoms with Crippen LogP contribution in [0.4, 0.5) is 0 Å². The summed E-state index contributed by atoms with van der Waals surface area (Å²) in [5.74, 6) is -1.64. The van der Waals surface area contributed by atoms with Gasteiger partial charge in [0.1, 0.15) is 0 Å². The number of rotatable bonds is 2. The smallest absolute Gasteiger partial charge is 0.262 e. The van der Waals surface area contributed by atoms with Crippen molar-refractivity contribution >= 4 is 23.2 Å². The molecule has 0 fully saturated rings. The van der Waals surface area contributed by atoms with Crippen molar-refractivity contribution < 1.29 is 9.59 Å². The molecule has 2 amide bonds. The molecule has 0 aliphatic heterocycles. The summed E-state index contributed by atoms with van der Waals surface area (Å²) in [6.45, 7) is 0. The van der Waals surface area contributed by atoms with Crippen LogP contribution in [-0.4, -0.2) is 23.2 Å². The maximum Gasteiger partial charge on any atom is 0.331 e. The molecular formula is C20H18N4O2. The molecule has 2 N–H and O–H groups in total. The molecule has 0 saturated carbocycles. The number of carbonyl (C=O) groups excluding carboxylic acids is 2. The highest BCUT2D eigenvalue weighted by molar-refractivity contribution is 6.35. The van der Waals surface area contributed by atoms with E-state index < -0.39 is 11.8 Å². The van der Waals surface area contributed by atoms with Crippen LogP contribution >= 0.6 is 0 Å². The van der Waals surface area contributed by atoms with Gasteiger partial charge in [-0.1, -0.05) is 48.5 Å². The number of hydrogen-bond acceptors (Lipinski definition) is 4. The Morgan fingerprint density at radius 3 is 1.54 bits per heavy atom. The molecule has 4 rings (SSSR count). The van der Waals surface area contributed by atoms with Crippen molar-refractivity contribution in [2.75, 3.05) is 0 Å². The van der Waals surface area contributed by atoms with E-state index in [1.807, 2.05) is 48.5 Å². The van der Waals surface area contributed by atoms with E-state index in [1.54, 1.807) is 0 Å². The lowest BCUT2D eigenvalue weighted by Gasteiger charge is -2.03. The van der Waals surface area contributed by atoms with Crippen molar-refractivity contribution in [1.29, 1.82) is 0 Å². The van der Waals surface area contributed by atoms with Gasteiger partial charge in [0.15, 0.2) is 0 Å². The van der Waals surface area contributed by atoms with E-state index in [4.69, 9.17) is 0 Å². The van der Waals surface area contributed by atoms with Gasteiger partial charge in [0.2, 0.25) is 0 Å². The molecule has 0 bridgehead atoms. The Balaban J connectivity index is 1.38. The first-order valence-electron chi connectivity index (χ1n) is 8.62. The topological polar surface area (TPSA) is 82.9 Å². The van der Waals surface area contributed by atoms with Gasteiger partial charge in [-0.25, -0.2) is 10.9 Å². The molecule has 0 radical (unpaired) electrons. The molecule has 0 spiro atoms. The van der Waals surface area contributed by atoms with E-state index in [0.717, 1.165) is 48.2 Å². The van der Waals surface area contributed by atoms with Gasteiger partial charge in [0.25, 0.3) is 0 Å². The van der Waals surface area contributed by atoms with Crippen LogP contribution in [0, 0.1) is 0 Å². The molecule has 6 heteroatoms. The van der Waals surface area contributed by atoms with Crippen LogP contribution < -0.4 is 10.9 Å². The average molecular weight is 346 g/mol. The first-order valence-corrected chi connectivity index (χ1v) is 8.62. The minimum absolute atomic E-state index is 0.750. The number of nitrogens with zero attached hydrogens (tertiary/aromatic N) is 2. The van der Waals surface area contributed by atoms with Crippen LogP contribution in [0.1, 0.15) is 35.1 Å². The molecule has 2 aliphatic rings. The first kappa shape index (κ1) is 16.2. The molecule has 26 heavy (non-hydrogen) atoms. The molecular weight excluding hydrogens is 328 g/mol. The highest BCUT2D eigenvalue weighted by Gasteiger charge is 2.20. The summed E-state index contributed by atoms with van der Waals surface area (Å²) >= 11 is 0.